The Morgan fingerprint density at radius 3 is 2.50 bits per heavy atom. The molecular formula is C19H21N3O2. The van der Waals surface area contributed by atoms with Gasteiger partial charge >= 0.3 is 0 Å². The van der Waals surface area contributed by atoms with Crippen LogP contribution >= 0.6 is 0 Å². The topological polar surface area (TPSA) is 71.1 Å². The van der Waals surface area contributed by atoms with E-state index in [9.17, 15) is 9.59 Å². The first kappa shape index (κ1) is 16.2. The lowest BCUT2D eigenvalue weighted by atomic mass is 10.1. The molecule has 3 rings (SSSR count). The van der Waals surface area contributed by atoms with Crippen molar-refractivity contribution in [2.45, 2.75) is 19.8 Å². The number of carbonyl (C=O) groups is 2. The zero-order chi connectivity index (χ0) is 16.9. The number of benzene rings is 1. The highest BCUT2D eigenvalue weighted by atomic mass is 16.2. The van der Waals surface area contributed by atoms with Gasteiger partial charge in [-0.05, 0) is 30.0 Å². The number of amides is 2. The first-order chi connectivity index (χ1) is 11.6. The van der Waals surface area contributed by atoms with Crippen LogP contribution in [0.5, 0.6) is 0 Å². The van der Waals surface area contributed by atoms with Crippen LogP contribution in [0.15, 0.2) is 48.7 Å². The Bertz CT molecular complexity index is 713. The van der Waals surface area contributed by atoms with Gasteiger partial charge in [-0.3, -0.25) is 9.59 Å². The van der Waals surface area contributed by atoms with Crippen LogP contribution in [0.1, 0.15) is 19.8 Å². The van der Waals surface area contributed by atoms with Crippen LogP contribution in [0.25, 0.3) is 11.1 Å². The monoisotopic (exact) mass is 323 g/mol. The molecule has 124 valence electrons. The summed E-state index contributed by atoms with van der Waals surface area (Å²) < 4.78 is 0. The molecule has 24 heavy (non-hydrogen) atoms. The molecule has 1 fully saturated rings. The van der Waals surface area contributed by atoms with Crippen LogP contribution in [0, 0.1) is 11.8 Å². The quantitative estimate of drug-likeness (QED) is 0.859. The maximum Gasteiger partial charge on any atom is 0.227 e. The zero-order valence-corrected chi connectivity index (χ0v) is 13.7. The molecule has 1 aromatic carbocycles. The number of nitrogens with one attached hydrogen (secondary N) is 2. The van der Waals surface area contributed by atoms with E-state index in [0.29, 0.717) is 18.3 Å². The van der Waals surface area contributed by atoms with Crippen molar-refractivity contribution in [2.24, 2.45) is 11.8 Å². The Morgan fingerprint density at radius 2 is 1.88 bits per heavy atom. The van der Waals surface area contributed by atoms with Crippen molar-refractivity contribution < 1.29 is 9.59 Å². The Labute approximate surface area is 141 Å². The highest BCUT2D eigenvalue weighted by Crippen LogP contribution is 2.37. The maximum atomic E-state index is 11.9. The Balaban J connectivity index is 1.45. The zero-order valence-electron chi connectivity index (χ0n) is 13.7. The highest BCUT2D eigenvalue weighted by Gasteiger charge is 2.38. The normalized spacial score (nSPS) is 18.7. The molecule has 0 aliphatic heterocycles. The summed E-state index contributed by atoms with van der Waals surface area (Å²) in [6, 6.07) is 13.6. The van der Waals surface area contributed by atoms with Gasteiger partial charge in [0, 0.05) is 30.6 Å². The van der Waals surface area contributed by atoms with Crippen molar-refractivity contribution in [2.75, 3.05) is 11.9 Å². The third-order valence-corrected chi connectivity index (χ3v) is 4.24. The molecule has 5 nitrogen and oxygen atoms in total. The number of pyridine rings is 1. The van der Waals surface area contributed by atoms with Gasteiger partial charge in [0.2, 0.25) is 11.8 Å². The molecule has 1 aliphatic rings. The minimum atomic E-state index is -0.154. The van der Waals surface area contributed by atoms with Crippen LogP contribution < -0.4 is 10.6 Å². The first-order valence-corrected chi connectivity index (χ1v) is 8.22. The summed E-state index contributed by atoms with van der Waals surface area (Å²) in [5.41, 5.74) is 2.08. The van der Waals surface area contributed by atoms with E-state index < -0.39 is 0 Å². The molecule has 1 aliphatic carbocycles. The summed E-state index contributed by atoms with van der Waals surface area (Å²) in [5, 5.41) is 5.55. The van der Waals surface area contributed by atoms with E-state index in [1.165, 1.54) is 0 Å². The lowest BCUT2D eigenvalue weighted by molar-refractivity contribution is -0.122. The lowest BCUT2D eigenvalue weighted by Crippen LogP contribution is -2.29. The summed E-state index contributed by atoms with van der Waals surface area (Å²) in [6.45, 7) is 2.41. The van der Waals surface area contributed by atoms with Crippen LogP contribution in [-0.4, -0.2) is 23.3 Å². The molecule has 1 aromatic heterocycles. The van der Waals surface area contributed by atoms with Crippen molar-refractivity contribution in [1.82, 2.24) is 10.3 Å². The average Bonchev–Trinajstić information content (AvgIpc) is 3.33. The first-order valence-electron chi connectivity index (χ1n) is 8.22. The van der Waals surface area contributed by atoms with Gasteiger partial charge in [-0.25, -0.2) is 4.98 Å². The van der Waals surface area contributed by atoms with Crippen molar-refractivity contribution in [3.8, 4) is 11.1 Å². The highest BCUT2D eigenvalue weighted by molar-refractivity contribution is 5.90. The van der Waals surface area contributed by atoms with E-state index in [4.69, 9.17) is 0 Å². The van der Waals surface area contributed by atoms with Crippen molar-refractivity contribution >= 4 is 17.6 Å². The molecular weight excluding hydrogens is 302 g/mol. The van der Waals surface area contributed by atoms with Crippen molar-refractivity contribution in [3.63, 3.8) is 0 Å². The summed E-state index contributed by atoms with van der Waals surface area (Å²) in [5.74, 6) is 1.04. The van der Waals surface area contributed by atoms with Gasteiger partial charge in [-0.15, -0.1) is 0 Å². The van der Waals surface area contributed by atoms with Crippen molar-refractivity contribution in [1.29, 1.82) is 0 Å². The van der Waals surface area contributed by atoms with Gasteiger partial charge in [0.1, 0.15) is 5.82 Å². The maximum absolute atomic E-state index is 11.9. The lowest BCUT2D eigenvalue weighted by Gasteiger charge is -2.07. The second-order valence-corrected chi connectivity index (χ2v) is 6.21. The fraction of sp³-hybridized carbons (Fsp3) is 0.316. The summed E-state index contributed by atoms with van der Waals surface area (Å²) >= 11 is 0. The predicted molar refractivity (Wildman–Crippen MR) is 93.2 cm³/mol. The number of hydrogen-bond acceptors (Lipinski definition) is 3. The van der Waals surface area contributed by atoms with Gasteiger partial charge < -0.3 is 10.6 Å². The molecule has 0 radical (unpaired) electrons. The minimum absolute atomic E-state index is 0.0561. The third-order valence-electron chi connectivity index (χ3n) is 4.24. The molecule has 0 saturated heterocycles. The smallest absolute Gasteiger partial charge is 0.227 e. The molecule has 2 atom stereocenters. The number of carbonyl (C=O) groups excluding carboxylic acids is 2. The van der Waals surface area contributed by atoms with Gasteiger partial charge in [0.05, 0.1) is 0 Å². The Hall–Kier alpha value is -2.69. The number of hydrogen-bond donors (Lipinski definition) is 2. The Morgan fingerprint density at radius 1 is 1.12 bits per heavy atom. The molecule has 5 heteroatoms. The van der Waals surface area contributed by atoms with Crippen LogP contribution in [0.4, 0.5) is 5.82 Å². The van der Waals surface area contributed by atoms with Crippen LogP contribution in [0.3, 0.4) is 0 Å². The molecule has 0 bridgehead atoms. The summed E-state index contributed by atoms with van der Waals surface area (Å²) in [7, 11) is 0. The molecule has 1 saturated carbocycles. The second-order valence-electron chi connectivity index (χ2n) is 6.21. The standard InChI is InChI=1S/C19H21N3O2/c1-13-11-16(13)19(24)20-10-9-18(23)22-17-8-7-15(12-21-17)14-5-3-2-4-6-14/h2-8,12-13,16H,9-11H2,1H3,(H,20,24)(H,21,22,23)/t13-,16-/m1/s1. The van der Waals surface area contributed by atoms with Gasteiger partial charge in [0.15, 0.2) is 0 Å². The molecule has 2 amide bonds. The largest absolute Gasteiger partial charge is 0.355 e. The van der Waals surface area contributed by atoms with Crippen LogP contribution in [-0.2, 0) is 9.59 Å². The summed E-state index contributed by atoms with van der Waals surface area (Å²) in [6.07, 6.45) is 2.94. The molecule has 0 unspecified atom stereocenters. The van der Waals surface area contributed by atoms with E-state index >= 15 is 0 Å². The fourth-order valence-corrected chi connectivity index (χ4v) is 2.59. The predicted octanol–water partition coefficient (Wildman–Crippen LogP) is 2.85. The number of anilines is 1. The minimum Gasteiger partial charge on any atom is -0.355 e. The van der Waals surface area contributed by atoms with Crippen LogP contribution in [0.2, 0.25) is 0 Å². The van der Waals surface area contributed by atoms with E-state index in [-0.39, 0.29) is 24.2 Å². The molecule has 2 N–H and O–H groups in total. The van der Waals surface area contributed by atoms with E-state index in [2.05, 4.69) is 22.5 Å². The Kier molecular flexibility index (Phi) is 4.89. The van der Waals surface area contributed by atoms with Gasteiger partial charge in [-0.2, -0.15) is 0 Å². The number of rotatable bonds is 6. The third kappa shape index (κ3) is 4.19. The second kappa shape index (κ2) is 7.25. The van der Waals surface area contributed by atoms with E-state index in [1.807, 2.05) is 36.4 Å². The van der Waals surface area contributed by atoms with E-state index in [1.54, 1.807) is 12.3 Å². The molecule has 2 aromatic rings. The average molecular weight is 323 g/mol. The van der Waals surface area contributed by atoms with Crippen molar-refractivity contribution in [3.05, 3.63) is 48.7 Å². The molecule has 1 heterocycles. The number of aromatic nitrogens is 1. The SMILES string of the molecule is C[C@@H]1C[C@H]1C(=O)NCCC(=O)Nc1ccc(-c2ccccc2)cn1. The summed E-state index contributed by atoms with van der Waals surface area (Å²) in [4.78, 5) is 27.8. The van der Waals surface area contributed by atoms with Gasteiger partial charge in [0.25, 0.3) is 0 Å². The number of nitrogens with zero attached hydrogens (tertiary/aromatic N) is 1. The molecule has 0 spiro atoms. The fourth-order valence-electron chi connectivity index (χ4n) is 2.59. The van der Waals surface area contributed by atoms with E-state index in [0.717, 1.165) is 17.5 Å². The van der Waals surface area contributed by atoms with Gasteiger partial charge in [-0.1, -0.05) is 37.3 Å².